The van der Waals surface area contributed by atoms with Crippen molar-refractivity contribution in [3.63, 3.8) is 0 Å². The lowest BCUT2D eigenvalue weighted by Gasteiger charge is -2.09. The topological polar surface area (TPSA) is 72.8 Å². The predicted octanol–water partition coefficient (Wildman–Crippen LogP) is 5.48. The molecule has 0 aromatic heterocycles. The van der Waals surface area contributed by atoms with E-state index in [1.165, 1.54) is 55.7 Å². The molecule has 0 aliphatic carbocycles. The van der Waals surface area contributed by atoms with Gasteiger partial charge in [-0.1, -0.05) is 39.0 Å². The maximum Gasteiger partial charge on any atom is 0.343 e. The Bertz CT molecular complexity index is 786. The highest BCUT2D eigenvalue weighted by Gasteiger charge is 2.13. The molecular weight excluding hydrogens is 363 g/mol. The molecule has 2 aromatic rings. The first-order valence-electron chi connectivity index (χ1n) is 9.49. The van der Waals surface area contributed by atoms with Crippen molar-refractivity contribution in [3.8, 4) is 11.5 Å². The highest BCUT2D eigenvalue weighted by atomic mass is 19.1. The van der Waals surface area contributed by atoms with Crippen LogP contribution in [0.2, 0.25) is 0 Å². The summed E-state index contributed by atoms with van der Waals surface area (Å²) >= 11 is 0. The number of unbranched alkanes of at least 4 members (excludes halogenated alkanes) is 5. The van der Waals surface area contributed by atoms with Crippen LogP contribution >= 0.6 is 0 Å². The first kappa shape index (κ1) is 21.4. The molecule has 0 saturated carbocycles. The lowest BCUT2D eigenvalue weighted by atomic mass is 10.1. The largest absolute Gasteiger partial charge is 0.491 e. The number of hydrogen-bond donors (Lipinski definition) is 1. The fourth-order valence-corrected chi connectivity index (χ4v) is 2.64. The van der Waals surface area contributed by atoms with Gasteiger partial charge < -0.3 is 14.6 Å². The van der Waals surface area contributed by atoms with Crippen LogP contribution in [0.3, 0.4) is 0 Å². The average molecular weight is 388 g/mol. The fraction of sp³-hybridized carbons (Fsp3) is 0.364. The molecule has 0 fully saturated rings. The number of rotatable bonds is 11. The second-order valence-corrected chi connectivity index (χ2v) is 6.48. The van der Waals surface area contributed by atoms with E-state index in [0.717, 1.165) is 25.3 Å². The first-order valence-corrected chi connectivity index (χ1v) is 9.49. The summed E-state index contributed by atoms with van der Waals surface area (Å²) in [7, 11) is 0. The monoisotopic (exact) mass is 388 g/mol. The zero-order valence-corrected chi connectivity index (χ0v) is 15.9. The van der Waals surface area contributed by atoms with Crippen molar-refractivity contribution in [1.82, 2.24) is 0 Å². The third-order valence-electron chi connectivity index (χ3n) is 4.23. The van der Waals surface area contributed by atoms with Gasteiger partial charge in [-0.3, -0.25) is 0 Å². The van der Waals surface area contributed by atoms with Gasteiger partial charge in [0.25, 0.3) is 0 Å². The molecule has 1 N–H and O–H groups in total. The molecule has 2 rings (SSSR count). The molecule has 0 heterocycles. The molecule has 150 valence electrons. The number of hydrogen-bond acceptors (Lipinski definition) is 4. The van der Waals surface area contributed by atoms with Crippen LogP contribution < -0.4 is 9.47 Å². The number of carbonyl (C=O) groups excluding carboxylic acids is 1. The zero-order valence-electron chi connectivity index (χ0n) is 15.9. The minimum Gasteiger partial charge on any atom is -0.491 e. The molecule has 0 saturated heterocycles. The predicted molar refractivity (Wildman–Crippen MR) is 104 cm³/mol. The maximum absolute atomic E-state index is 14.2. The molecular formula is C22H25FO5. The van der Waals surface area contributed by atoms with Gasteiger partial charge in [0.15, 0.2) is 11.6 Å². The Morgan fingerprint density at radius 2 is 1.57 bits per heavy atom. The molecule has 0 spiro atoms. The van der Waals surface area contributed by atoms with Crippen LogP contribution in [-0.2, 0) is 0 Å². The van der Waals surface area contributed by atoms with E-state index in [2.05, 4.69) is 6.92 Å². The first-order chi connectivity index (χ1) is 13.5. The standard InChI is InChI=1S/C22H25FO5/c1-2-3-4-5-6-7-14-27-20-13-10-17(15-19(20)23)22(26)28-18-11-8-16(9-12-18)21(24)25/h8-13,15H,2-7,14H2,1H3,(H,24,25). The third-order valence-corrected chi connectivity index (χ3v) is 4.23. The molecule has 0 unspecified atom stereocenters. The Kier molecular flexibility index (Phi) is 8.46. The molecule has 0 aliphatic heterocycles. The minimum absolute atomic E-state index is 0.0479. The van der Waals surface area contributed by atoms with E-state index in [1.807, 2.05) is 0 Å². The Hall–Kier alpha value is -2.89. The summed E-state index contributed by atoms with van der Waals surface area (Å²) in [6, 6.07) is 9.32. The summed E-state index contributed by atoms with van der Waals surface area (Å²) in [5, 5.41) is 8.86. The zero-order chi connectivity index (χ0) is 20.4. The van der Waals surface area contributed by atoms with Crippen LogP contribution in [0.1, 0.15) is 66.2 Å². The van der Waals surface area contributed by atoms with Crippen LogP contribution in [0.4, 0.5) is 4.39 Å². The number of aromatic carboxylic acids is 1. The van der Waals surface area contributed by atoms with Gasteiger partial charge in [-0.15, -0.1) is 0 Å². The third kappa shape index (κ3) is 6.68. The number of carboxylic acids is 1. The van der Waals surface area contributed by atoms with Gasteiger partial charge in [-0.25, -0.2) is 14.0 Å². The number of carbonyl (C=O) groups is 2. The Morgan fingerprint density at radius 1 is 0.929 bits per heavy atom. The van der Waals surface area contributed by atoms with Crippen molar-refractivity contribution in [2.45, 2.75) is 45.4 Å². The van der Waals surface area contributed by atoms with Crippen LogP contribution in [-0.4, -0.2) is 23.7 Å². The summed E-state index contributed by atoms with van der Waals surface area (Å²) < 4.78 is 24.8. The van der Waals surface area contributed by atoms with E-state index in [-0.39, 0.29) is 22.6 Å². The SMILES string of the molecule is CCCCCCCCOc1ccc(C(=O)Oc2ccc(C(=O)O)cc2)cc1F. The highest BCUT2D eigenvalue weighted by molar-refractivity contribution is 5.91. The number of halogens is 1. The van der Waals surface area contributed by atoms with Crippen LogP contribution in [0.5, 0.6) is 11.5 Å². The van der Waals surface area contributed by atoms with Gasteiger partial charge in [0.05, 0.1) is 17.7 Å². The summed E-state index contributed by atoms with van der Waals surface area (Å²) in [6.45, 7) is 2.60. The van der Waals surface area contributed by atoms with Crippen molar-refractivity contribution >= 4 is 11.9 Å². The number of esters is 1. The van der Waals surface area contributed by atoms with Gasteiger partial charge in [0.2, 0.25) is 0 Å². The highest BCUT2D eigenvalue weighted by Crippen LogP contribution is 2.21. The van der Waals surface area contributed by atoms with E-state index in [9.17, 15) is 14.0 Å². The van der Waals surface area contributed by atoms with E-state index < -0.39 is 17.8 Å². The number of ether oxygens (including phenoxy) is 2. The summed E-state index contributed by atoms with van der Waals surface area (Å²) in [6.07, 6.45) is 6.70. The molecule has 0 bridgehead atoms. The molecule has 0 aliphatic rings. The van der Waals surface area contributed by atoms with Crippen molar-refractivity contribution in [2.24, 2.45) is 0 Å². The molecule has 28 heavy (non-hydrogen) atoms. The second kappa shape index (κ2) is 11.1. The van der Waals surface area contributed by atoms with Gasteiger partial charge in [0.1, 0.15) is 5.75 Å². The normalized spacial score (nSPS) is 10.5. The molecule has 0 atom stereocenters. The molecule has 6 heteroatoms. The van der Waals surface area contributed by atoms with Crippen molar-refractivity contribution < 1.29 is 28.6 Å². The van der Waals surface area contributed by atoms with Gasteiger partial charge in [-0.05, 0) is 48.9 Å². The molecule has 2 aromatic carbocycles. The average Bonchev–Trinajstić information content (AvgIpc) is 2.68. The van der Waals surface area contributed by atoms with Gasteiger partial charge in [0, 0.05) is 0 Å². The fourth-order valence-electron chi connectivity index (χ4n) is 2.64. The molecule has 0 amide bonds. The minimum atomic E-state index is -1.07. The smallest absolute Gasteiger partial charge is 0.343 e. The summed E-state index contributed by atoms with van der Waals surface area (Å²) in [4.78, 5) is 23.0. The van der Waals surface area contributed by atoms with E-state index in [4.69, 9.17) is 14.6 Å². The Morgan fingerprint density at radius 3 is 2.21 bits per heavy atom. The summed E-state index contributed by atoms with van der Waals surface area (Å²) in [5.41, 5.74) is 0.129. The van der Waals surface area contributed by atoms with Crippen LogP contribution in [0, 0.1) is 5.82 Å². The summed E-state index contributed by atoms with van der Waals surface area (Å²) in [5.74, 6) is -2.14. The Balaban J connectivity index is 1.85. The molecule has 0 radical (unpaired) electrons. The van der Waals surface area contributed by atoms with E-state index in [1.54, 1.807) is 0 Å². The lowest BCUT2D eigenvalue weighted by molar-refractivity contribution is 0.0696. The van der Waals surface area contributed by atoms with Gasteiger partial charge >= 0.3 is 11.9 Å². The van der Waals surface area contributed by atoms with Gasteiger partial charge in [-0.2, -0.15) is 0 Å². The van der Waals surface area contributed by atoms with Crippen LogP contribution in [0.15, 0.2) is 42.5 Å². The Labute approximate surface area is 164 Å². The van der Waals surface area contributed by atoms with Crippen LogP contribution in [0.25, 0.3) is 0 Å². The lowest BCUT2D eigenvalue weighted by Crippen LogP contribution is -2.09. The molecule has 5 nitrogen and oxygen atoms in total. The van der Waals surface area contributed by atoms with Crippen molar-refractivity contribution in [2.75, 3.05) is 6.61 Å². The number of benzene rings is 2. The quantitative estimate of drug-likeness (QED) is 0.313. The van der Waals surface area contributed by atoms with Crippen molar-refractivity contribution in [1.29, 1.82) is 0 Å². The van der Waals surface area contributed by atoms with Crippen molar-refractivity contribution in [3.05, 3.63) is 59.4 Å². The maximum atomic E-state index is 14.2. The van der Waals surface area contributed by atoms with E-state index >= 15 is 0 Å². The number of carboxylic acid groups (broad SMARTS) is 1. The van der Waals surface area contributed by atoms with E-state index in [0.29, 0.717) is 6.61 Å². The second-order valence-electron chi connectivity index (χ2n) is 6.48.